The van der Waals surface area contributed by atoms with Gasteiger partial charge in [0.15, 0.2) is 0 Å². The monoisotopic (exact) mass is 632 g/mol. The summed E-state index contributed by atoms with van der Waals surface area (Å²) in [4.78, 5) is 0. The highest BCUT2D eigenvalue weighted by Gasteiger charge is 2.20. The number of rotatable bonds is 2. The second-order valence-electron chi connectivity index (χ2n) is 12.6. The van der Waals surface area contributed by atoms with Crippen LogP contribution in [0.15, 0.2) is 127 Å². The van der Waals surface area contributed by atoms with Crippen LogP contribution in [0.3, 0.4) is 0 Å². The molecule has 0 amide bonds. The zero-order chi connectivity index (χ0) is 33.5. The summed E-state index contributed by atoms with van der Waals surface area (Å²) >= 11 is 1.90. The van der Waals surface area contributed by atoms with E-state index in [1.807, 2.05) is 43.4 Å². The summed E-state index contributed by atoms with van der Waals surface area (Å²) < 4.78 is 2.75. The molecular formula is C46H48S. The molecule has 1 heteroatoms. The number of thiophene rings is 1. The molecule has 0 nitrogen and oxygen atoms in total. The van der Waals surface area contributed by atoms with Gasteiger partial charge in [0.1, 0.15) is 0 Å². The molecule has 1 aliphatic rings. The second-order valence-corrected chi connectivity index (χ2v) is 13.7. The number of hydrogen-bond donors (Lipinski definition) is 0. The number of hydrogen-bond acceptors (Lipinski definition) is 1. The van der Waals surface area contributed by atoms with Crippen molar-refractivity contribution in [1.82, 2.24) is 0 Å². The summed E-state index contributed by atoms with van der Waals surface area (Å²) in [6, 6.07) is 46.2. The summed E-state index contributed by atoms with van der Waals surface area (Å²) in [6.45, 7) is 17.1. The van der Waals surface area contributed by atoms with Crippen LogP contribution >= 0.6 is 11.3 Å². The molecule has 0 saturated carbocycles. The van der Waals surface area contributed by atoms with Crippen molar-refractivity contribution in [3.8, 4) is 22.3 Å². The molecule has 7 aromatic rings. The minimum atomic E-state index is 0.653. The molecule has 47 heavy (non-hydrogen) atoms. The van der Waals surface area contributed by atoms with Crippen LogP contribution in [0.1, 0.15) is 72.6 Å². The zero-order valence-corrected chi connectivity index (χ0v) is 30.1. The Bertz CT molecular complexity index is 2080. The lowest BCUT2D eigenvalue weighted by Crippen LogP contribution is -1.91. The Hall–Kier alpha value is -4.46. The maximum absolute atomic E-state index is 2.44. The first-order chi connectivity index (χ1) is 22.8. The van der Waals surface area contributed by atoms with Gasteiger partial charge in [0, 0.05) is 20.2 Å². The molecule has 0 radical (unpaired) electrons. The van der Waals surface area contributed by atoms with Crippen molar-refractivity contribution in [3.63, 3.8) is 0 Å². The Morgan fingerprint density at radius 3 is 1.74 bits per heavy atom. The zero-order valence-electron chi connectivity index (χ0n) is 29.3. The fourth-order valence-corrected chi connectivity index (χ4v) is 7.42. The molecular weight excluding hydrogens is 585 g/mol. The first-order valence-electron chi connectivity index (χ1n) is 17.0. The average molecular weight is 633 g/mol. The van der Waals surface area contributed by atoms with Crippen LogP contribution in [-0.2, 0) is 6.42 Å². The SMILES string of the molecule is CC.Cc1cc2c(cc1-c1cc3c(cc1C)sc1ccccc13)Cc1ccccc1-2.Cc1ccc(C(C)C)cc1.Cc1ccccc1. The Kier molecular flexibility index (Phi) is 11.1. The van der Waals surface area contributed by atoms with Crippen molar-refractivity contribution in [3.05, 3.63) is 166 Å². The predicted molar refractivity (Wildman–Crippen MR) is 210 cm³/mol. The third kappa shape index (κ3) is 7.75. The minimum Gasteiger partial charge on any atom is -0.135 e. The van der Waals surface area contributed by atoms with Crippen LogP contribution in [0.4, 0.5) is 0 Å². The minimum absolute atomic E-state index is 0.653. The topological polar surface area (TPSA) is 0 Å². The quantitative estimate of drug-likeness (QED) is 0.178. The van der Waals surface area contributed by atoms with Gasteiger partial charge in [0.25, 0.3) is 0 Å². The van der Waals surface area contributed by atoms with Gasteiger partial charge in [-0.2, -0.15) is 0 Å². The van der Waals surface area contributed by atoms with E-state index in [0.717, 1.165) is 6.42 Å². The van der Waals surface area contributed by atoms with Gasteiger partial charge in [-0.05, 0) is 114 Å². The van der Waals surface area contributed by atoms with Gasteiger partial charge < -0.3 is 0 Å². The Morgan fingerprint density at radius 2 is 1.06 bits per heavy atom. The lowest BCUT2D eigenvalue weighted by atomic mass is 9.91. The average Bonchev–Trinajstić information content (AvgIpc) is 3.63. The number of aryl methyl sites for hydroxylation is 4. The lowest BCUT2D eigenvalue weighted by molar-refractivity contribution is 0.866. The smallest absolute Gasteiger partial charge is 0.0358 e. The maximum Gasteiger partial charge on any atom is 0.0358 e. The molecule has 0 unspecified atom stereocenters. The van der Waals surface area contributed by atoms with E-state index in [1.54, 1.807) is 0 Å². The first-order valence-corrected chi connectivity index (χ1v) is 17.8. The van der Waals surface area contributed by atoms with Crippen molar-refractivity contribution in [2.75, 3.05) is 0 Å². The summed E-state index contributed by atoms with van der Waals surface area (Å²) in [5.41, 5.74) is 15.3. The van der Waals surface area contributed by atoms with Crippen molar-refractivity contribution < 1.29 is 0 Å². The van der Waals surface area contributed by atoms with Crippen LogP contribution in [0.2, 0.25) is 0 Å². The third-order valence-electron chi connectivity index (χ3n) is 8.84. The van der Waals surface area contributed by atoms with E-state index >= 15 is 0 Å². The lowest BCUT2D eigenvalue weighted by Gasteiger charge is -2.13. The van der Waals surface area contributed by atoms with Gasteiger partial charge in [-0.1, -0.05) is 142 Å². The van der Waals surface area contributed by atoms with E-state index in [9.17, 15) is 0 Å². The highest BCUT2D eigenvalue weighted by atomic mass is 32.1. The largest absolute Gasteiger partial charge is 0.135 e. The second kappa shape index (κ2) is 15.4. The van der Waals surface area contributed by atoms with Crippen LogP contribution in [0.5, 0.6) is 0 Å². The fourth-order valence-electron chi connectivity index (χ4n) is 6.23. The van der Waals surface area contributed by atoms with Crippen molar-refractivity contribution in [2.24, 2.45) is 0 Å². The molecule has 238 valence electrons. The number of benzene rings is 6. The molecule has 0 saturated heterocycles. The van der Waals surface area contributed by atoms with E-state index in [0.29, 0.717) is 5.92 Å². The molecule has 0 atom stereocenters. The molecule has 0 aliphatic heterocycles. The summed E-state index contributed by atoms with van der Waals surface area (Å²) in [5.74, 6) is 0.653. The van der Waals surface area contributed by atoms with Crippen LogP contribution in [0.25, 0.3) is 42.4 Å². The van der Waals surface area contributed by atoms with Gasteiger partial charge in [-0.25, -0.2) is 0 Å². The first kappa shape index (κ1) is 33.9. The molecule has 0 bridgehead atoms. The highest BCUT2D eigenvalue weighted by molar-refractivity contribution is 7.25. The van der Waals surface area contributed by atoms with Crippen LogP contribution in [-0.4, -0.2) is 0 Å². The molecule has 8 rings (SSSR count). The molecule has 1 heterocycles. The summed E-state index contributed by atoms with van der Waals surface area (Å²) in [7, 11) is 0. The Labute approximate surface area is 286 Å². The van der Waals surface area contributed by atoms with Gasteiger partial charge >= 0.3 is 0 Å². The normalized spacial score (nSPS) is 11.1. The van der Waals surface area contributed by atoms with Gasteiger partial charge in [-0.3, -0.25) is 0 Å². The Morgan fingerprint density at radius 1 is 0.468 bits per heavy atom. The predicted octanol–water partition coefficient (Wildman–Crippen LogP) is 14.0. The summed E-state index contributed by atoms with van der Waals surface area (Å²) in [6.07, 6.45) is 1.04. The van der Waals surface area contributed by atoms with Crippen LogP contribution < -0.4 is 0 Å². The molecule has 1 aliphatic carbocycles. The molecule has 0 fully saturated rings. The van der Waals surface area contributed by atoms with Crippen molar-refractivity contribution in [1.29, 1.82) is 0 Å². The van der Waals surface area contributed by atoms with Gasteiger partial charge in [-0.15, -0.1) is 11.3 Å². The number of fused-ring (bicyclic) bond motifs is 6. The van der Waals surface area contributed by atoms with Gasteiger partial charge in [0.05, 0.1) is 0 Å². The molecule has 0 N–H and O–H groups in total. The van der Waals surface area contributed by atoms with E-state index in [2.05, 4.69) is 151 Å². The molecule has 0 spiro atoms. The van der Waals surface area contributed by atoms with E-state index in [1.165, 1.54) is 81.4 Å². The van der Waals surface area contributed by atoms with Crippen molar-refractivity contribution in [2.45, 2.75) is 67.7 Å². The standard InChI is InChI=1S/C27H20S.C10H14.C7H8.C2H6/c1-16-11-24-19(13-18-7-3-4-8-20(18)24)14-22(16)23-15-25-21-9-5-6-10-26(21)28-27(25)12-17(23)2;1-8(2)10-6-4-9(3)5-7-10;1-7-5-3-2-4-6-7;1-2/h3-12,14-15H,13H2,1-2H3;4-8H,1-3H3;2-6H,1H3;1-2H3. The van der Waals surface area contributed by atoms with Crippen molar-refractivity contribution >= 4 is 31.5 Å². The highest BCUT2D eigenvalue weighted by Crippen LogP contribution is 2.43. The van der Waals surface area contributed by atoms with Gasteiger partial charge in [0.2, 0.25) is 0 Å². The van der Waals surface area contributed by atoms with E-state index in [-0.39, 0.29) is 0 Å². The fraction of sp³-hybridized carbons (Fsp3) is 0.217. The maximum atomic E-state index is 2.44. The third-order valence-corrected chi connectivity index (χ3v) is 9.97. The van der Waals surface area contributed by atoms with E-state index < -0.39 is 0 Å². The molecule has 6 aromatic carbocycles. The van der Waals surface area contributed by atoms with Crippen LogP contribution in [0, 0.1) is 27.7 Å². The summed E-state index contributed by atoms with van der Waals surface area (Å²) in [5, 5.41) is 2.75. The Balaban J connectivity index is 0.000000187. The van der Waals surface area contributed by atoms with E-state index in [4.69, 9.17) is 0 Å². The molecule has 1 aromatic heterocycles.